The first-order valence-corrected chi connectivity index (χ1v) is 6.91. The molecule has 2 aromatic rings. The smallest absolute Gasteiger partial charge is 0.129 e. The van der Waals surface area contributed by atoms with Crippen molar-refractivity contribution in [1.82, 2.24) is 0 Å². The van der Waals surface area contributed by atoms with E-state index in [4.69, 9.17) is 5.26 Å². The van der Waals surface area contributed by atoms with Crippen LogP contribution in [-0.2, 0) is 0 Å². The summed E-state index contributed by atoms with van der Waals surface area (Å²) in [4.78, 5) is 1.22. The van der Waals surface area contributed by atoms with Crippen LogP contribution in [0.5, 0.6) is 0 Å². The molecule has 4 heteroatoms. The topological polar surface area (TPSA) is 35.8 Å². The highest BCUT2D eigenvalue weighted by Crippen LogP contribution is 2.29. The van der Waals surface area contributed by atoms with E-state index in [1.165, 1.54) is 16.5 Å². The Morgan fingerprint density at radius 1 is 1.37 bits per heavy atom. The van der Waals surface area contributed by atoms with E-state index in [0.717, 1.165) is 0 Å². The maximum Gasteiger partial charge on any atom is 0.129 e. The van der Waals surface area contributed by atoms with Crippen LogP contribution in [0.25, 0.3) is 0 Å². The van der Waals surface area contributed by atoms with E-state index in [-0.39, 0.29) is 11.9 Å². The summed E-state index contributed by atoms with van der Waals surface area (Å²) >= 11 is 1.68. The molecule has 0 aliphatic carbocycles. The van der Waals surface area contributed by atoms with Crippen LogP contribution < -0.4 is 5.32 Å². The summed E-state index contributed by atoms with van der Waals surface area (Å²) in [5, 5.41) is 14.2. The molecular formula is C15H15FN2S. The first-order chi connectivity index (χ1) is 9.02. The number of aryl methyl sites for hydroxylation is 1. The monoisotopic (exact) mass is 274 g/mol. The summed E-state index contributed by atoms with van der Waals surface area (Å²) in [6.07, 6.45) is 0. The molecule has 2 rings (SSSR count). The predicted octanol–water partition coefficient (Wildman–Crippen LogP) is 4.55. The van der Waals surface area contributed by atoms with E-state index < -0.39 is 0 Å². The number of nitrogens with zero attached hydrogens (tertiary/aromatic N) is 1. The Bertz CT molecular complexity index is 640. The minimum atomic E-state index is -0.350. The minimum Gasteiger partial charge on any atom is -0.377 e. The van der Waals surface area contributed by atoms with Gasteiger partial charge < -0.3 is 5.32 Å². The summed E-state index contributed by atoms with van der Waals surface area (Å²) in [7, 11) is 0. The summed E-state index contributed by atoms with van der Waals surface area (Å²) < 4.78 is 13.7. The highest BCUT2D eigenvalue weighted by Gasteiger charge is 2.13. The van der Waals surface area contributed by atoms with Crippen molar-refractivity contribution < 1.29 is 4.39 Å². The summed E-state index contributed by atoms with van der Waals surface area (Å²) in [5.41, 5.74) is 2.78. The Hall–Kier alpha value is -1.86. The third kappa shape index (κ3) is 2.77. The number of hydrogen-bond donors (Lipinski definition) is 1. The molecule has 1 heterocycles. The van der Waals surface area contributed by atoms with Crippen molar-refractivity contribution in [3.63, 3.8) is 0 Å². The zero-order valence-corrected chi connectivity index (χ0v) is 11.9. The lowest BCUT2D eigenvalue weighted by atomic mass is 10.1. The molecule has 1 aromatic heterocycles. The van der Waals surface area contributed by atoms with Crippen LogP contribution >= 0.6 is 11.3 Å². The van der Waals surface area contributed by atoms with Crippen molar-refractivity contribution in [2.24, 2.45) is 0 Å². The van der Waals surface area contributed by atoms with Gasteiger partial charge in [0.15, 0.2) is 0 Å². The van der Waals surface area contributed by atoms with E-state index >= 15 is 0 Å². The van der Waals surface area contributed by atoms with Gasteiger partial charge in [-0.15, -0.1) is 11.3 Å². The number of thiophene rings is 1. The van der Waals surface area contributed by atoms with Gasteiger partial charge in [-0.1, -0.05) is 0 Å². The van der Waals surface area contributed by atoms with Crippen molar-refractivity contribution in [3.05, 3.63) is 51.0 Å². The van der Waals surface area contributed by atoms with Gasteiger partial charge in [-0.2, -0.15) is 5.26 Å². The molecule has 1 atom stereocenters. The zero-order valence-electron chi connectivity index (χ0n) is 11.1. The second-order valence-electron chi connectivity index (χ2n) is 4.58. The average molecular weight is 274 g/mol. The van der Waals surface area contributed by atoms with Crippen LogP contribution in [0.15, 0.2) is 23.6 Å². The molecule has 0 spiro atoms. The maximum atomic E-state index is 13.7. The number of hydrogen-bond acceptors (Lipinski definition) is 3. The van der Waals surface area contributed by atoms with Crippen LogP contribution in [0.1, 0.15) is 34.5 Å². The second-order valence-corrected chi connectivity index (χ2v) is 5.52. The Morgan fingerprint density at radius 3 is 2.68 bits per heavy atom. The lowest BCUT2D eigenvalue weighted by Crippen LogP contribution is -2.08. The van der Waals surface area contributed by atoms with Gasteiger partial charge in [0, 0.05) is 16.1 Å². The standard InChI is InChI=1S/C15H15FN2S/c1-9-4-5-19-15(9)11(3)18-14-7-12(8-17)6-13(16)10(14)2/h4-7,11,18H,1-3H3. The Labute approximate surface area is 116 Å². The number of nitrogens with one attached hydrogen (secondary N) is 1. The van der Waals surface area contributed by atoms with Crippen molar-refractivity contribution >= 4 is 17.0 Å². The molecular weight excluding hydrogens is 259 g/mol. The van der Waals surface area contributed by atoms with Crippen LogP contribution in [0.3, 0.4) is 0 Å². The average Bonchev–Trinajstić information content (AvgIpc) is 2.80. The number of benzene rings is 1. The highest BCUT2D eigenvalue weighted by atomic mass is 32.1. The number of nitriles is 1. The normalized spacial score (nSPS) is 11.9. The molecule has 0 radical (unpaired) electrons. The Kier molecular flexibility index (Phi) is 3.87. The Morgan fingerprint density at radius 2 is 2.11 bits per heavy atom. The summed E-state index contributed by atoms with van der Waals surface area (Å²) in [5.74, 6) is -0.350. The van der Waals surface area contributed by atoms with Crippen LogP contribution in [0.2, 0.25) is 0 Å². The van der Waals surface area contributed by atoms with Crippen LogP contribution in [-0.4, -0.2) is 0 Å². The molecule has 98 valence electrons. The van der Waals surface area contributed by atoms with E-state index in [2.05, 4.69) is 18.3 Å². The maximum absolute atomic E-state index is 13.7. The predicted molar refractivity (Wildman–Crippen MR) is 76.9 cm³/mol. The van der Waals surface area contributed by atoms with Crippen molar-refractivity contribution in [2.45, 2.75) is 26.8 Å². The molecule has 0 saturated heterocycles. The van der Waals surface area contributed by atoms with Crippen LogP contribution in [0.4, 0.5) is 10.1 Å². The molecule has 0 fully saturated rings. The number of halogens is 1. The molecule has 19 heavy (non-hydrogen) atoms. The molecule has 2 nitrogen and oxygen atoms in total. The quantitative estimate of drug-likeness (QED) is 0.891. The fraction of sp³-hybridized carbons (Fsp3) is 0.267. The largest absolute Gasteiger partial charge is 0.377 e. The van der Waals surface area contributed by atoms with Gasteiger partial charge in [0.05, 0.1) is 17.7 Å². The van der Waals surface area contributed by atoms with Gasteiger partial charge in [0.25, 0.3) is 0 Å². The summed E-state index contributed by atoms with van der Waals surface area (Å²) in [6.45, 7) is 5.81. The molecule has 0 aliphatic rings. The molecule has 1 unspecified atom stereocenters. The minimum absolute atomic E-state index is 0.0899. The number of anilines is 1. The fourth-order valence-electron chi connectivity index (χ4n) is 2.02. The van der Waals surface area contributed by atoms with Gasteiger partial charge in [-0.3, -0.25) is 0 Å². The highest BCUT2D eigenvalue weighted by molar-refractivity contribution is 7.10. The molecule has 0 amide bonds. The van der Waals surface area contributed by atoms with Crippen molar-refractivity contribution in [2.75, 3.05) is 5.32 Å². The third-order valence-corrected chi connectivity index (χ3v) is 4.34. The van der Waals surface area contributed by atoms with Crippen LogP contribution in [0, 0.1) is 31.0 Å². The molecule has 0 saturated carbocycles. The number of rotatable bonds is 3. The van der Waals surface area contributed by atoms with Crippen molar-refractivity contribution in [3.8, 4) is 6.07 Å². The van der Waals surface area contributed by atoms with Gasteiger partial charge >= 0.3 is 0 Å². The lowest BCUT2D eigenvalue weighted by Gasteiger charge is -2.17. The van der Waals surface area contributed by atoms with E-state index in [9.17, 15) is 4.39 Å². The first kappa shape index (κ1) is 13.6. The van der Waals surface area contributed by atoms with Gasteiger partial charge in [0.1, 0.15) is 5.82 Å². The second kappa shape index (κ2) is 5.41. The molecule has 1 N–H and O–H groups in total. The lowest BCUT2D eigenvalue weighted by molar-refractivity contribution is 0.618. The van der Waals surface area contributed by atoms with Gasteiger partial charge in [0.2, 0.25) is 0 Å². The van der Waals surface area contributed by atoms with E-state index in [1.54, 1.807) is 24.3 Å². The Balaban J connectivity index is 2.31. The van der Waals surface area contributed by atoms with E-state index in [1.807, 2.05) is 18.4 Å². The molecule has 0 aliphatic heterocycles. The SMILES string of the molecule is Cc1ccsc1C(C)Nc1cc(C#N)cc(F)c1C. The molecule has 0 bridgehead atoms. The van der Waals surface area contributed by atoms with Gasteiger partial charge in [-0.25, -0.2) is 4.39 Å². The van der Waals surface area contributed by atoms with E-state index in [0.29, 0.717) is 16.8 Å². The van der Waals surface area contributed by atoms with Gasteiger partial charge in [-0.05, 0) is 49.9 Å². The van der Waals surface area contributed by atoms with Crippen molar-refractivity contribution in [1.29, 1.82) is 5.26 Å². The molecule has 1 aromatic carbocycles. The summed E-state index contributed by atoms with van der Waals surface area (Å²) in [6, 6.07) is 7.09. The fourth-order valence-corrected chi connectivity index (χ4v) is 2.96. The first-order valence-electron chi connectivity index (χ1n) is 6.03. The zero-order chi connectivity index (χ0) is 14.0. The third-order valence-electron chi connectivity index (χ3n) is 3.14.